The van der Waals surface area contributed by atoms with E-state index in [-0.39, 0.29) is 14.6 Å². The molecule has 1 nitrogen and oxygen atoms in total. The van der Waals surface area contributed by atoms with Gasteiger partial charge in [-0.05, 0) is 18.9 Å². The van der Waals surface area contributed by atoms with Crippen LogP contribution in [0.4, 0.5) is 0 Å². The van der Waals surface area contributed by atoms with Crippen molar-refractivity contribution in [3.63, 3.8) is 0 Å². The standard InChI is InChI=1S/C9H17OSi/c1-8(2)9(10)6-5-7-11(3)4/h1,5-7H2,2-4H3. The molecule has 2 heteroatoms. The fourth-order valence-electron chi connectivity index (χ4n) is 0.816. The molecule has 0 N–H and O–H groups in total. The summed E-state index contributed by atoms with van der Waals surface area (Å²) < 4.78 is 0. The Labute approximate surface area is 71.1 Å². The summed E-state index contributed by atoms with van der Waals surface area (Å²) in [5.41, 5.74) is 0.700. The van der Waals surface area contributed by atoms with Crippen molar-refractivity contribution in [3.05, 3.63) is 12.2 Å². The van der Waals surface area contributed by atoms with Crippen molar-refractivity contribution in [3.8, 4) is 0 Å². The van der Waals surface area contributed by atoms with E-state index in [1.54, 1.807) is 6.92 Å². The Morgan fingerprint density at radius 2 is 2.00 bits per heavy atom. The maximum absolute atomic E-state index is 11.0. The van der Waals surface area contributed by atoms with Crippen LogP contribution >= 0.6 is 0 Å². The number of ketones is 1. The third kappa shape index (κ3) is 6.04. The van der Waals surface area contributed by atoms with Crippen LogP contribution in [0.1, 0.15) is 19.8 Å². The highest BCUT2D eigenvalue weighted by molar-refractivity contribution is 6.55. The zero-order valence-corrected chi connectivity index (χ0v) is 8.74. The molecule has 0 amide bonds. The van der Waals surface area contributed by atoms with E-state index in [0.29, 0.717) is 12.0 Å². The topological polar surface area (TPSA) is 17.1 Å². The monoisotopic (exact) mass is 169 g/mol. The van der Waals surface area contributed by atoms with Gasteiger partial charge in [-0.15, -0.1) is 0 Å². The lowest BCUT2D eigenvalue weighted by molar-refractivity contribution is -0.115. The molecule has 0 aliphatic carbocycles. The van der Waals surface area contributed by atoms with E-state index in [0.717, 1.165) is 6.42 Å². The van der Waals surface area contributed by atoms with Crippen LogP contribution in [0.2, 0.25) is 19.1 Å². The second kappa shape index (κ2) is 5.30. The van der Waals surface area contributed by atoms with Crippen LogP contribution in [0.3, 0.4) is 0 Å². The van der Waals surface area contributed by atoms with E-state index in [4.69, 9.17) is 0 Å². The SMILES string of the molecule is C=C(C)C(=O)CCC[Si](C)C. The minimum Gasteiger partial charge on any atom is -0.295 e. The van der Waals surface area contributed by atoms with Crippen LogP contribution in [-0.2, 0) is 4.79 Å². The van der Waals surface area contributed by atoms with Crippen molar-refractivity contribution in [1.82, 2.24) is 0 Å². The number of rotatable bonds is 5. The molecule has 0 aliphatic rings. The normalized spacial score (nSPS) is 10.2. The van der Waals surface area contributed by atoms with Gasteiger partial charge in [0, 0.05) is 15.2 Å². The molecule has 0 unspecified atom stereocenters. The van der Waals surface area contributed by atoms with Crippen molar-refractivity contribution < 1.29 is 4.79 Å². The second-order valence-electron chi connectivity index (χ2n) is 3.26. The Kier molecular flexibility index (Phi) is 5.12. The molecule has 0 spiro atoms. The molecule has 0 heterocycles. The maximum Gasteiger partial charge on any atom is 0.157 e. The summed E-state index contributed by atoms with van der Waals surface area (Å²) in [6.45, 7) is 9.94. The van der Waals surface area contributed by atoms with Crippen LogP contribution in [-0.4, -0.2) is 14.6 Å². The minimum absolute atomic E-state index is 0.137. The Morgan fingerprint density at radius 1 is 1.45 bits per heavy atom. The summed E-state index contributed by atoms with van der Waals surface area (Å²) in [6, 6.07) is 1.24. The Bertz CT molecular complexity index is 150. The van der Waals surface area contributed by atoms with Crippen molar-refractivity contribution in [2.45, 2.75) is 38.9 Å². The molecule has 1 radical (unpaired) electrons. The third-order valence-corrected chi connectivity index (χ3v) is 2.91. The summed E-state index contributed by atoms with van der Waals surface area (Å²) in [4.78, 5) is 11.0. The minimum atomic E-state index is -0.137. The third-order valence-electron chi connectivity index (χ3n) is 1.56. The van der Waals surface area contributed by atoms with Crippen molar-refractivity contribution in [2.75, 3.05) is 0 Å². The average molecular weight is 169 g/mol. The van der Waals surface area contributed by atoms with E-state index in [1.807, 2.05) is 0 Å². The van der Waals surface area contributed by atoms with Crippen LogP contribution in [0, 0.1) is 0 Å². The van der Waals surface area contributed by atoms with E-state index >= 15 is 0 Å². The summed E-state index contributed by atoms with van der Waals surface area (Å²) >= 11 is 0. The molecule has 11 heavy (non-hydrogen) atoms. The number of Topliss-reactive ketones (excluding diaryl/α,β-unsaturated/α-hetero) is 1. The molecule has 0 saturated heterocycles. The van der Waals surface area contributed by atoms with E-state index in [9.17, 15) is 4.79 Å². The molecule has 0 aromatic rings. The van der Waals surface area contributed by atoms with Crippen LogP contribution < -0.4 is 0 Å². The maximum atomic E-state index is 11.0. The van der Waals surface area contributed by atoms with Crippen molar-refractivity contribution in [1.29, 1.82) is 0 Å². The molecule has 0 saturated carbocycles. The van der Waals surface area contributed by atoms with Gasteiger partial charge in [-0.2, -0.15) is 0 Å². The van der Waals surface area contributed by atoms with Gasteiger partial charge in [0.15, 0.2) is 5.78 Å². The Morgan fingerprint density at radius 3 is 2.36 bits per heavy atom. The zero-order chi connectivity index (χ0) is 8.85. The highest BCUT2D eigenvalue weighted by Crippen LogP contribution is 2.05. The first kappa shape index (κ1) is 10.6. The summed E-state index contributed by atoms with van der Waals surface area (Å²) in [5, 5.41) is 0. The van der Waals surface area contributed by atoms with Gasteiger partial charge in [0.05, 0.1) is 0 Å². The Balaban J connectivity index is 3.40. The van der Waals surface area contributed by atoms with E-state index < -0.39 is 0 Å². The lowest BCUT2D eigenvalue weighted by Gasteiger charge is -2.01. The quantitative estimate of drug-likeness (QED) is 0.457. The van der Waals surface area contributed by atoms with Gasteiger partial charge in [-0.3, -0.25) is 4.79 Å². The molecule has 0 bridgehead atoms. The smallest absolute Gasteiger partial charge is 0.157 e. The van der Waals surface area contributed by atoms with E-state index in [2.05, 4.69) is 19.7 Å². The predicted molar refractivity (Wildman–Crippen MR) is 51.3 cm³/mol. The molecule has 0 aromatic heterocycles. The van der Waals surface area contributed by atoms with Gasteiger partial charge in [0.2, 0.25) is 0 Å². The van der Waals surface area contributed by atoms with Gasteiger partial charge in [-0.1, -0.05) is 25.7 Å². The molecule has 0 rings (SSSR count). The first-order chi connectivity index (χ1) is 5.04. The summed E-state index contributed by atoms with van der Waals surface area (Å²) in [6.07, 6.45) is 1.75. The van der Waals surface area contributed by atoms with Crippen LogP contribution in [0.15, 0.2) is 12.2 Å². The largest absolute Gasteiger partial charge is 0.295 e. The number of allylic oxidation sites excluding steroid dienone is 1. The van der Waals surface area contributed by atoms with Gasteiger partial charge in [-0.25, -0.2) is 0 Å². The molecular weight excluding hydrogens is 152 g/mol. The lowest BCUT2D eigenvalue weighted by atomic mass is 10.1. The highest BCUT2D eigenvalue weighted by Gasteiger charge is 2.02. The van der Waals surface area contributed by atoms with Gasteiger partial charge in [0.25, 0.3) is 0 Å². The van der Waals surface area contributed by atoms with Crippen molar-refractivity contribution >= 4 is 14.6 Å². The van der Waals surface area contributed by atoms with Gasteiger partial charge in [0.1, 0.15) is 0 Å². The fourth-order valence-corrected chi connectivity index (χ4v) is 1.70. The molecule has 0 fully saturated rings. The first-order valence-corrected chi connectivity index (χ1v) is 6.72. The number of hydrogen-bond acceptors (Lipinski definition) is 1. The average Bonchev–Trinajstić information content (AvgIpc) is 1.86. The number of carbonyl (C=O) groups excluding carboxylic acids is 1. The summed E-state index contributed by atoms with van der Waals surface area (Å²) in [5.74, 6) is 0.230. The fraction of sp³-hybridized carbons (Fsp3) is 0.667. The van der Waals surface area contributed by atoms with Gasteiger partial charge < -0.3 is 0 Å². The van der Waals surface area contributed by atoms with Crippen LogP contribution in [0.25, 0.3) is 0 Å². The Hall–Kier alpha value is -0.373. The molecular formula is C9H17OSi. The van der Waals surface area contributed by atoms with E-state index in [1.165, 1.54) is 6.04 Å². The number of hydrogen-bond donors (Lipinski definition) is 0. The lowest BCUT2D eigenvalue weighted by Crippen LogP contribution is -2.02. The first-order valence-electron chi connectivity index (χ1n) is 4.01. The molecule has 0 aromatic carbocycles. The number of carbonyl (C=O) groups is 1. The molecule has 0 aliphatic heterocycles. The summed E-state index contributed by atoms with van der Waals surface area (Å²) in [7, 11) is -0.137. The van der Waals surface area contributed by atoms with Gasteiger partial charge >= 0.3 is 0 Å². The molecule has 63 valence electrons. The highest BCUT2D eigenvalue weighted by atomic mass is 28.3. The van der Waals surface area contributed by atoms with Crippen LogP contribution in [0.5, 0.6) is 0 Å². The molecule has 0 atom stereocenters. The second-order valence-corrected chi connectivity index (χ2v) is 6.18. The predicted octanol–water partition coefficient (Wildman–Crippen LogP) is 2.67. The zero-order valence-electron chi connectivity index (χ0n) is 7.74. The van der Waals surface area contributed by atoms with Crippen molar-refractivity contribution in [2.24, 2.45) is 0 Å².